The molecule has 0 aromatic carbocycles. The van der Waals surface area contributed by atoms with E-state index in [0.717, 1.165) is 12.1 Å². The molecule has 0 bridgehead atoms. The lowest BCUT2D eigenvalue weighted by molar-refractivity contribution is -0.128. The average Bonchev–Trinajstić information content (AvgIpc) is 2.09. The van der Waals surface area contributed by atoms with Gasteiger partial charge in [0.2, 0.25) is 5.91 Å². The Hall–Kier alpha value is -1.05. The van der Waals surface area contributed by atoms with Crippen molar-refractivity contribution in [3.63, 3.8) is 0 Å². The molecular formula is C10H15NO. The van der Waals surface area contributed by atoms with Crippen molar-refractivity contribution >= 4 is 5.91 Å². The minimum absolute atomic E-state index is 0.216. The standard InChI is InChI=1S/C10H15NO/c1-4-8-6-7-10(12)11(3)9(8)5-2/h4-5H,6-7H2,1-3H3/b8-4-,9-5+. The van der Waals surface area contributed by atoms with Crippen molar-refractivity contribution < 1.29 is 4.79 Å². The Balaban J connectivity index is 2.95. The van der Waals surface area contributed by atoms with E-state index in [4.69, 9.17) is 0 Å². The van der Waals surface area contributed by atoms with Crippen LogP contribution in [-0.4, -0.2) is 17.9 Å². The fourth-order valence-corrected chi connectivity index (χ4v) is 1.56. The van der Waals surface area contributed by atoms with Crippen LogP contribution in [0.15, 0.2) is 23.4 Å². The summed E-state index contributed by atoms with van der Waals surface area (Å²) in [6.45, 7) is 3.98. The summed E-state index contributed by atoms with van der Waals surface area (Å²) in [4.78, 5) is 13.0. The topological polar surface area (TPSA) is 20.3 Å². The van der Waals surface area contributed by atoms with E-state index in [-0.39, 0.29) is 5.91 Å². The Bertz CT molecular complexity index is 251. The first kappa shape index (κ1) is 9.04. The zero-order valence-corrected chi connectivity index (χ0v) is 7.92. The molecule has 1 amide bonds. The Labute approximate surface area is 73.6 Å². The molecule has 0 unspecified atom stereocenters. The number of hydrogen-bond acceptors (Lipinski definition) is 1. The predicted molar refractivity (Wildman–Crippen MR) is 49.5 cm³/mol. The predicted octanol–water partition coefficient (Wildman–Crippen LogP) is 2.09. The lowest BCUT2D eigenvalue weighted by Gasteiger charge is -2.27. The van der Waals surface area contributed by atoms with Crippen LogP contribution in [0, 0.1) is 0 Å². The van der Waals surface area contributed by atoms with Crippen molar-refractivity contribution in [2.45, 2.75) is 26.7 Å². The van der Waals surface area contributed by atoms with Crippen LogP contribution in [0.2, 0.25) is 0 Å². The van der Waals surface area contributed by atoms with Crippen molar-refractivity contribution in [3.05, 3.63) is 23.4 Å². The summed E-state index contributed by atoms with van der Waals surface area (Å²) in [5.74, 6) is 0.216. The van der Waals surface area contributed by atoms with Gasteiger partial charge in [-0.25, -0.2) is 0 Å². The van der Waals surface area contributed by atoms with Gasteiger partial charge in [-0.1, -0.05) is 12.2 Å². The van der Waals surface area contributed by atoms with Crippen LogP contribution in [0.3, 0.4) is 0 Å². The number of carbonyl (C=O) groups excluding carboxylic acids is 1. The Kier molecular flexibility index (Phi) is 2.69. The van der Waals surface area contributed by atoms with E-state index in [1.54, 1.807) is 4.90 Å². The molecule has 12 heavy (non-hydrogen) atoms. The molecule has 1 aliphatic heterocycles. The van der Waals surface area contributed by atoms with Crippen LogP contribution >= 0.6 is 0 Å². The van der Waals surface area contributed by atoms with Gasteiger partial charge in [0.25, 0.3) is 0 Å². The van der Waals surface area contributed by atoms with Gasteiger partial charge in [-0.3, -0.25) is 4.79 Å². The third-order valence-electron chi connectivity index (χ3n) is 2.29. The van der Waals surface area contributed by atoms with Crippen LogP contribution in [-0.2, 0) is 4.79 Å². The highest BCUT2D eigenvalue weighted by Crippen LogP contribution is 2.25. The summed E-state index contributed by atoms with van der Waals surface area (Å²) >= 11 is 0. The van der Waals surface area contributed by atoms with Gasteiger partial charge in [0.1, 0.15) is 0 Å². The largest absolute Gasteiger partial charge is 0.316 e. The molecule has 0 aromatic heterocycles. The maximum Gasteiger partial charge on any atom is 0.227 e. The van der Waals surface area contributed by atoms with E-state index in [1.165, 1.54) is 5.57 Å². The van der Waals surface area contributed by atoms with Gasteiger partial charge in [-0.15, -0.1) is 0 Å². The van der Waals surface area contributed by atoms with E-state index in [0.29, 0.717) is 6.42 Å². The summed E-state index contributed by atoms with van der Waals surface area (Å²) in [6, 6.07) is 0. The van der Waals surface area contributed by atoms with Crippen molar-refractivity contribution in [1.82, 2.24) is 4.90 Å². The molecule has 1 rings (SSSR count). The number of carbonyl (C=O) groups is 1. The first-order chi connectivity index (χ1) is 5.70. The number of piperidine rings is 1. The summed E-state index contributed by atoms with van der Waals surface area (Å²) in [5.41, 5.74) is 2.34. The number of rotatable bonds is 0. The lowest BCUT2D eigenvalue weighted by atomic mass is 10.0. The molecule has 1 heterocycles. The second-order valence-electron chi connectivity index (χ2n) is 2.94. The van der Waals surface area contributed by atoms with E-state index in [9.17, 15) is 4.79 Å². The van der Waals surface area contributed by atoms with Crippen molar-refractivity contribution in [1.29, 1.82) is 0 Å². The second-order valence-corrected chi connectivity index (χ2v) is 2.94. The maximum absolute atomic E-state index is 11.3. The molecule has 0 aliphatic carbocycles. The molecule has 1 aliphatic rings. The normalized spacial score (nSPS) is 25.6. The number of amides is 1. The summed E-state index contributed by atoms with van der Waals surface area (Å²) in [6.07, 6.45) is 5.61. The number of likely N-dealkylation sites (tertiary alicyclic amines) is 1. The Morgan fingerprint density at radius 1 is 1.25 bits per heavy atom. The first-order valence-electron chi connectivity index (χ1n) is 4.29. The average molecular weight is 165 g/mol. The summed E-state index contributed by atoms with van der Waals surface area (Å²) in [7, 11) is 1.83. The minimum atomic E-state index is 0.216. The number of nitrogens with zero attached hydrogens (tertiary/aromatic N) is 1. The molecule has 0 spiro atoms. The highest BCUT2D eigenvalue weighted by Gasteiger charge is 2.21. The number of hydrogen-bond donors (Lipinski definition) is 0. The molecule has 1 fully saturated rings. The smallest absolute Gasteiger partial charge is 0.227 e. The zero-order valence-electron chi connectivity index (χ0n) is 7.92. The third kappa shape index (κ3) is 1.42. The molecule has 1 saturated heterocycles. The van der Waals surface area contributed by atoms with Crippen LogP contribution in [0.4, 0.5) is 0 Å². The van der Waals surface area contributed by atoms with Gasteiger partial charge in [0.05, 0.1) is 0 Å². The third-order valence-corrected chi connectivity index (χ3v) is 2.29. The fraction of sp³-hybridized carbons (Fsp3) is 0.500. The molecule has 66 valence electrons. The second kappa shape index (κ2) is 3.57. The monoisotopic (exact) mass is 165 g/mol. The molecule has 0 N–H and O–H groups in total. The quantitative estimate of drug-likeness (QED) is 0.538. The number of likely N-dealkylation sites (N-methyl/N-ethyl adjacent to an activating group) is 1. The maximum atomic E-state index is 11.3. The van der Waals surface area contributed by atoms with E-state index in [2.05, 4.69) is 6.08 Å². The molecule has 0 saturated carbocycles. The lowest BCUT2D eigenvalue weighted by Crippen LogP contribution is -2.30. The van der Waals surface area contributed by atoms with E-state index < -0.39 is 0 Å². The van der Waals surface area contributed by atoms with Crippen LogP contribution in [0.25, 0.3) is 0 Å². The molecule has 2 nitrogen and oxygen atoms in total. The Morgan fingerprint density at radius 2 is 1.92 bits per heavy atom. The van der Waals surface area contributed by atoms with Gasteiger partial charge < -0.3 is 4.90 Å². The van der Waals surface area contributed by atoms with Gasteiger partial charge in [0.15, 0.2) is 0 Å². The molecular weight excluding hydrogens is 150 g/mol. The Morgan fingerprint density at radius 3 is 2.42 bits per heavy atom. The van der Waals surface area contributed by atoms with E-state index >= 15 is 0 Å². The van der Waals surface area contributed by atoms with Crippen molar-refractivity contribution in [2.24, 2.45) is 0 Å². The minimum Gasteiger partial charge on any atom is -0.316 e. The van der Waals surface area contributed by atoms with Gasteiger partial charge in [-0.2, -0.15) is 0 Å². The van der Waals surface area contributed by atoms with Gasteiger partial charge in [0, 0.05) is 19.2 Å². The van der Waals surface area contributed by atoms with Crippen LogP contribution < -0.4 is 0 Å². The summed E-state index contributed by atoms with van der Waals surface area (Å²) < 4.78 is 0. The molecule has 2 heteroatoms. The SMILES string of the molecule is C/C=C1/CCC(=O)N(C)/C1=C/C. The first-order valence-corrected chi connectivity index (χ1v) is 4.29. The highest BCUT2D eigenvalue weighted by atomic mass is 16.2. The van der Waals surface area contributed by atoms with Gasteiger partial charge in [-0.05, 0) is 25.8 Å². The molecule has 0 atom stereocenters. The molecule has 0 radical (unpaired) electrons. The molecule has 0 aromatic rings. The van der Waals surface area contributed by atoms with Gasteiger partial charge >= 0.3 is 0 Å². The van der Waals surface area contributed by atoms with Crippen LogP contribution in [0.5, 0.6) is 0 Å². The highest BCUT2D eigenvalue weighted by molar-refractivity contribution is 5.81. The summed E-state index contributed by atoms with van der Waals surface area (Å²) in [5, 5.41) is 0. The van der Waals surface area contributed by atoms with Crippen molar-refractivity contribution in [3.8, 4) is 0 Å². The fourth-order valence-electron chi connectivity index (χ4n) is 1.56. The number of allylic oxidation sites excluding steroid dienone is 3. The van der Waals surface area contributed by atoms with E-state index in [1.807, 2.05) is 27.0 Å². The van der Waals surface area contributed by atoms with Crippen LogP contribution in [0.1, 0.15) is 26.7 Å². The zero-order chi connectivity index (χ0) is 9.14. The van der Waals surface area contributed by atoms with Crippen molar-refractivity contribution in [2.75, 3.05) is 7.05 Å².